The van der Waals surface area contributed by atoms with Crippen molar-refractivity contribution in [2.45, 2.75) is 13.8 Å². The lowest BCUT2D eigenvalue weighted by Crippen LogP contribution is -2.31. The Morgan fingerprint density at radius 3 is 2.95 bits per heavy atom. The fourth-order valence-corrected chi connectivity index (χ4v) is 1.65. The largest absolute Gasteiger partial charge is 0.370 e. The lowest BCUT2D eigenvalue weighted by Gasteiger charge is -2.19. The van der Waals surface area contributed by atoms with Gasteiger partial charge >= 0.3 is 0 Å². The van der Waals surface area contributed by atoms with Gasteiger partial charge in [-0.15, -0.1) is 0 Å². The molecule has 1 unspecified atom stereocenters. The number of halogens is 1. The average molecular weight is 264 g/mol. The van der Waals surface area contributed by atoms with Crippen LogP contribution in [0.2, 0.25) is 0 Å². The van der Waals surface area contributed by atoms with Gasteiger partial charge in [0.05, 0.1) is 23.7 Å². The van der Waals surface area contributed by atoms with Crippen LogP contribution in [0.5, 0.6) is 0 Å². The number of anilines is 1. The quantitative estimate of drug-likeness (QED) is 0.881. The summed E-state index contributed by atoms with van der Waals surface area (Å²) in [6.45, 7) is 4.45. The predicted molar refractivity (Wildman–Crippen MR) is 70.1 cm³/mol. The third-order valence-electron chi connectivity index (χ3n) is 2.54. The molecule has 1 aromatic heterocycles. The molecule has 102 valence electrons. The second kappa shape index (κ2) is 6.69. The Balaban J connectivity index is 2.97. The Morgan fingerprint density at radius 1 is 1.68 bits per heavy atom. The van der Waals surface area contributed by atoms with E-state index in [4.69, 9.17) is 5.26 Å². The highest BCUT2D eigenvalue weighted by molar-refractivity contribution is 5.98. The first-order valence-electron chi connectivity index (χ1n) is 6.04. The van der Waals surface area contributed by atoms with Gasteiger partial charge in [0.15, 0.2) is 0 Å². The Labute approximate surface area is 112 Å². The highest BCUT2D eigenvalue weighted by atomic mass is 19.1. The van der Waals surface area contributed by atoms with Crippen LogP contribution >= 0.6 is 0 Å². The second-order valence-electron chi connectivity index (χ2n) is 4.30. The smallest absolute Gasteiger partial charge is 0.257 e. The van der Waals surface area contributed by atoms with Crippen molar-refractivity contribution in [3.63, 3.8) is 0 Å². The van der Waals surface area contributed by atoms with Gasteiger partial charge in [-0.2, -0.15) is 5.26 Å². The van der Waals surface area contributed by atoms with Crippen molar-refractivity contribution >= 4 is 11.7 Å². The van der Waals surface area contributed by atoms with E-state index in [0.717, 1.165) is 12.3 Å². The molecule has 0 bridgehead atoms. The average Bonchev–Trinajstić information content (AvgIpc) is 2.39. The number of hydrogen-bond donors (Lipinski definition) is 1. The van der Waals surface area contributed by atoms with E-state index in [1.807, 2.05) is 6.92 Å². The number of amides is 1. The van der Waals surface area contributed by atoms with Gasteiger partial charge in [-0.1, -0.05) is 0 Å². The normalized spacial score (nSPS) is 11.5. The minimum absolute atomic E-state index is 0.175. The third-order valence-corrected chi connectivity index (χ3v) is 2.54. The van der Waals surface area contributed by atoms with E-state index < -0.39 is 5.82 Å². The van der Waals surface area contributed by atoms with Crippen molar-refractivity contribution < 1.29 is 9.18 Å². The van der Waals surface area contributed by atoms with Crippen LogP contribution in [0.1, 0.15) is 24.2 Å². The molecule has 19 heavy (non-hydrogen) atoms. The minimum Gasteiger partial charge on any atom is -0.370 e. The van der Waals surface area contributed by atoms with Crippen molar-refractivity contribution in [3.8, 4) is 6.07 Å². The van der Waals surface area contributed by atoms with Gasteiger partial charge in [-0.05, 0) is 19.9 Å². The highest BCUT2D eigenvalue weighted by Crippen LogP contribution is 2.16. The van der Waals surface area contributed by atoms with Gasteiger partial charge in [0.1, 0.15) is 11.6 Å². The van der Waals surface area contributed by atoms with Crippen LogP contribution < -0.4 is 5.32 Å². The van der Waals surface area contributed by atoms with Crippen LogP contribution in [-0.2, 0) is 0 Å². The molecule has 1 N–H and O–H groups in total. The van der Waals surface area contributed by atoms with E-state index in [0.29, 0.717) is 12.4 Å². The number of nitrogens with one attached hydrogen (secondary N) is 1. The maximum Gasteiger partial charge on any atom is 0.257 e. The van der Waals surface area contributed by atoms with Crippen LogP contribution in [0.15, 0.2) is 12.3 Å². The molecule has 1 aromatic rings. The molecule has 0 spiro atoms. The summed E-state index contributed by atoms with van der Waals surface area (Å²) in [5.74, 6) is -0.847. The van der Waals surface area contributed by atoms with Gasteiger partial charge in [-0.3, -0.25) is 4.79 Å². The molecule has 0 aliphatic carbocycles. The predicted octanol–water partition coefficient (Wildman–Crippen LogP) is 1.88. The molecule has 0 saturated heterocycles. The van der Waals surface area contributed by atoms with Crippen molar-refractivity contribution in [3.05, 3.63) is 23.6 Å². The molecule has 1 rings (SSSR count). The van der Waals surface area contributed by atoms with Crippen LogP contribution in [0.3, 0.4) is 0 Å². The third kappa shape index (κ3) is 3.91. The van der Waals surface area contributed by atoms with Gasteiger partial charge in [-0.25, -0.2) is 9.37 Å². The number of rotatable bonds is 5. The van der Waals surface area contributed by atoms with E-state index in [1.54, 1.807) is 14.0 Å². The Morgan fingerprint density at radius 2 is 2.37 bits per heavy atom. The molecule has 0 aliphatic heterocycles. The number of carbonyl (C=O) groups excluding carboxylic acids is 1. The number of carbonyl (C=O) groups is 1. The standard InChI is InChI=1S/C13H17FN4O/c1-4-16-12-11(5-10(14)7-17-12)13(19)18(3)8-9(2)6-15/h5,7,9H,4,8H2,1-3H3,(H,16,17). The molecule has 1 atom stereocenters. The monoisotopic (exact) mass is 264 g/mol. The Kier molecular flexibility index (Phi) is 5.24. The molecule has 6 heteroatoms. The van der Waals surface area contributed by atoms with Gasteiger partial charge in [0, 0.05) is 20.1 Å². The topological polar surface area (TPSA) is 69.0 Å². The molecule has 0 aromatic carbocycles. The summed E-state index contributed by atoms with van der Waals surface area (Å²) in [4.78, 5) is 17.5. The van der Waals surface area contributed by atoms with Gasteiger partial charge < -0.3 is 10.2 Å². The first kappa shape index (κ1) is 14.9. The molecule has 0 aliphatic rings. The molecule has 1 amide bonds. The number of hydrogen-bond acceptors (Lipinski definition) is 4. The molecular formula is C13H17FN4O. The fourth-order valence-electron chi connectivity index (χ4n) is 1.65. The maximum atomic E-state index is 13.2. The first-order chi connectivity index (χ1) is 8.99. The summed E-state index contributed by atoms with van der Waals surface area (Å²) in [7, 11) is 1.58. The maximum absolute atomic E-state index is 13.2. The lowest BCUT2D eigenvalue weighted by atomic mass is 10.1. The minimum atomic E-state index is -0.563. The van der Waals surface area contributed by atoms with E-state index in [9.17, 15) is 9.18 Å². The zero-order valence-corrected chi connectivity index (χ0v) is 11.3. The molecule has 0 radical (unpaired) electrons. The Hall–Kier alpha value is -2.16. The Bertz CT molecular complexity index is 498. The summed E-state index contributed by atoms with van der Waals surface area (Å²) in [5, 5.41) is 11.7. The summed E-state index contributed by atoms with van der Waals surface area (Å²) >= 11 is 0. The zero-order valence-electron chi connectivity index (χ0n) is 11.3. The van der Waals surface area contributed by atoms with E-state index in [1.165, 1.54) is 4.90 Å². The molecule has 0 saturated carbocycles. The van der Waals surface area contributed by atoms with Crippen LogP contribution in [-0.4, -0.2) is 35.9 Å². The lowest BCUT2D eigenvalue weighted by molar-refractivity contribution is 0.0785. The van der Waals surface area contributed by atoms with Crippen LogP contribution in [0.4, 0.5) is 10.2 Å². The highest BCUT2D eigenvalue weighted by Gasteiger charge is 2.19. The van der Waals surface area contributed by atoms with E-state index in [2.05, 4.69) is 16.4 Å². The number of nitrogens with zero attached hydrogens (tertiary/aromatic N) is 3. The molecule has 0 fully saturated rings. The van der Waals surface area contributed by atoms with Crippen molar-refractivity contribution in [2.75, 3.05) is 25.5 Å². The van der Waals surface area contributed by atoms with E-state index in [-0.39, 0.29) is 23.9 Å². The number of aromatic nitrogens is 1. The van der Waals surface area contributed by atoms with Crippen LogP contribution in [0.25, 0.3) is 0 Å². The summed E-state index contributed by atoms with van der Waals surface area (Å²) in [6, 6.07) is 3.21. The fraction of sp³-hybridized carbons (Fsp3) is 0.462. The van der Waals surface area contributed by atoms with Gasteiger partial charge in [0.2, 0.25) is 0 Å². The number of nitriles is 1. The zero-order chi connectivity index (χ0) is 14.4. The summed E-state index contributed by atoms with van der Waals surface area (Å²) < 4.78 is 13.2. The SMILES string of the molecule is CCNc1ncc(F)cc1C(=O)N(C)CC(C)C#N. The van der Waals surface area contributed by atoms with Crippen molar-refractivity contribution in [1.82, 2.24) is 9.88 Å². The van der Waals surface area contributed by atoms with E-state index >= 15 is 0 Å². The van der Waals surface area contributed by atoms with Crippen LogP contribution in [0, 0.1) is 23.1 Å². The van der Waals surface area contributed by atoms with Crippen molar-refractivity contribution in [2.24, 2.45) is 5.92 Å². The molecule has 5 nitrogen and oxygen atoms in total. The second-order valence-corrected chi connectivity index (χ2v) is 4.30. The summed E-state index contributed by atoms with van der Waals surface area (Å²) in [6.07, 6.45) is 1.06. The first-order valence-corrected chi connectivity index (χ1v) is 6.04. The van der Waals surface area contributed by atoms with Gasteiger partial charge in [0.25, 0.3) is 5.91 Å². The number of pyridine rings is 1. The summed E-state index contributed by atoms with van der Waals surface area (Å²) in [5.41, 5.74) is 0.175. The molecular weight excluding hydrogens is 247 g/mol. The molecule has 1 heterocycles. The van der Waals surface area contributed by atoms with Crippen molar-refractivity contribution in [1.29, 1.82) is 5.26 Å².